The molecular weight excluding hydrogens is 258 g/mol. The van der Waals surface area contributed by atoms with E-state index in [9.17, 15) is 0 Å². The number of hydrogen-bond acceptors (Lipinski definition) is 2. The summed E-state index contributed by atoms with van der Waals surface area (Å²) in [6.07, 6.45) is 2.05. The van der Waals surface area contributed by atoms with Gasteiger partial charge in [0.15, 0.2) is 0 Å². The van der Waals surface area contributed by atoms with E-state index in [0.717, 1.165) is 34.7 Å². The number of anilines is 1. The van der Waals surface area contributed by atoms with E-state index in [1.165, 1.54) is 0 Å². The number of hydrogen-bond donors (Lipinski definition) is 1. The van der Waals surface area contributed by atoms with Gasteiger partial charge in [0.1, 0.15) is 5.82 Å². The highest BCUT2D eigenvalue weighted by molar-refractivity contribution is 6.30. The molecule has 0 radical (unpaired) electrons. The van der Waals surface area contributed by atoms with Crippen molar-refractivity contribution >= 4 is 17.4 Å². The molecule has 4 heteroatoms. The standard InChI is InChI=1S/C15H20ClN3/c1-10(2)4-9-13-14(15(17)19(3)18-13)11-5-7-12(16)8-6-11/h5-8,10H,4,9,17H2,1-3H3. The summed E-state index contributed by atoms with van der Waals surface area (Å²) in [5.41, 5.74) is 9.33. The van der Waals surface area contributed by atoms with Crippen molar-refractivity contribution in [1.29, 1.82) is 0 Å². The Balaban J connectivity index is 2.40. The summed E-state index contributed by atoms with van der Waals surface area (Å²) >= 11 is 5.93. The SMILES string of the molecule is CC(C)CCc1nn(C)c(N)c1-c1ccc(Cl)cc1. The van der Waals surface area contributed by atoms with E-state index >= 15 is 0 Å². The van der Waals surface area contributed by atoms with Crippen LogP contribution in [0.2, 0.25) is 5.02 Å². The summed E-state index contributed by atoms with van der Waals surface area (Å²) in [4.78, 5) is 0. The topological polar surface area (TPSA) is 43.8 Å². The minimum Gasteiger partial charge on any atom is -0.383 e. The average Bonchev–Trinajstić information content (AvgIpc) is 2.64. The molecule has 0 saturated carbocycles. The zero-order valence-electron chi connectivity index (χ0n) is 11.7. The predicted octanol–water partition coefficient (Wildman–Crippen LogP) is 3.91. The molecule has 0 aliphatic heterocycles. The van der Waals surface area contributed by atoms with Crippen LogP contribution in [0.5, 0.6) is 0 Å². The number of rotatable bonds is 4. The Morgan fingerprint density at radius 1 is 1.26 bits per heavy atom. The van der Waals surface area contributed by atoms with E-state index in [1.807, 2.05) is 31.3 Å². The third-order valence-corrected chi connectivity index (χ3v) is 3.51. The largest absolute Gasteiger partial charge is 0.383 e. The van der Waals surface area contributed by atoms with Gasteiger partial charge in [-0.15, -0.1) is 0 Å². The molecule has 0 aliphatic rings. The van der Waals surface area contributed by atoms with Crippen LogP contribution in [0, 0.1) is 5.92 Å². The molecule has 0 amide bonds. The second-order valence-electron chi connectivity index (χ2n) is 5.27. The lowest BCUT2D eigenvalue weighted by Crippen LogP contribution is -1.98. The highest BCUT2D eigenvalue weighted by Crippen LogP contribution is 2.31. The Kier molecular flexibility index (Phi) is 4.15. The molecule has 1 heterocycles. The summed E-state index contributed by atoms with van der Waals surface area (Å²) in [7, 11) is 1.88. The summed E-state index contributed by atoms with van der Waals surface area (Å²) in [5.74, 6) is 1.36. The van der Waals surface area contributed by atoms with Crippen LogP contribution < -0.4 is 5.73 Å². The Labute approximate surface area is 119 Å². The second kappa shape index (κ2) is 5.66. The van der Waals surface area contributed by atoms with Gasteiger partial charge < -0.3 is 5.73 Å². The molecule has 0 spiro atoms. The van der Waals surface area contributed by atoms with Crippen LogP contribution in [0.4, 0.5) is 5.82 Å². The molecular formula is C15H20ClN3. The fourth-order valence-electron chi connectivity index (χ4n) is 2.13. The third-order valence-electron chi connectivity index (χ3n) is 3.26. The maximum atomic E-state index is 6.15. The lowest BCUT2D eigenvalue weighted by atomic mass is 10.00. The Hall–Kier alpha value is -1.48. The molecule has 0 atom stereocenters. The molecule has 2 N–H and O–H groups in total. The molecule has 0 saturated heterocycles. The smallest absolute Gasteiger partial charge is 0.129 e. The van der Waals surface area contributed by atoms with Gasteiger partial charge in [-0.3, -0.25) is 4.68 Å². The van der Waals surface area contributed by atoms with Crippen LogP contribution in [0.3, 0.4) is 0 Å². The van der Waals surface area contributed by atoms with Crippen LogP contribution >= 0.6 is 11.6 Å². The van der Waals surface area contributed by atoms with Crippen molar-refractivity contribution in [3.63, 3.8) is 0 Å². The van der Waals surface area contributed by atoms with Gasteiger partial charge in [-0.2, -0.15) is 5.10 Å². The summed E-state index contributed by atoms with van der Waals surface area (Å²) in [6, 6.07) is 7.76. The molecule has 102 valence electrons. The zero-order valence-corrected chi connectivity index (χ0v) is 12.4. The van der Waals surface area contributed by atoms with Crippen LogP contribution in [0.25, 0.3) is 11.1 Å². The van der Waals surface area contributed by atoms with Crippen molar-refractivity contribution in [2.45, 2.75) is 26.7 Å². The van der Waals surface area contributed by atoms with Crippen LogP contribution in [0.1, 0.15) is 26.0 Å². The highest BCUT2D eigenvalue weighted by atomic mass is 35.5. The van der Waals surface area contributed by atoms with Gasteiger partial charge in [-0.05, 0) is 36.5 Å². The van der Waals surface area contributed by atoms with E-state index in [-0.39, 0.29) is 0 Å². The van der Waals surface area contributed by atoms with Gasteiger partial charge in [0.25, 0.3) is 0 Å². The number of nitrogens with zero attached hydrogens (tertiary/aromatic N) is 2. The maximum absolute atomic E-state index is 6.15. The van der Waals surface area contributed by atoms with Crippen molar-refractivity contribution in [1.82, 2.24) is 9.78 Å². The van der Waals surface area contributed by atoms with E-state index in [1.54, 1.807) is 4.68 Å². The van der Waals surface area contributed by atoms with Crippen molar-refractivity contribution in [3.05, 3.63) is 35.0 Å². The zero-order chi connectivity index (χ0) is 14.0. The van der Waals surface area contributed by atoms with E-state index in [2.05, 4.69) is 18.9 Å². The fraction of sp³-hybridized carbons (Fsp3) is 0.400. The monoisotopic (exact) mass is 277 g/mol. The summed E-state index contributed by atoms with van der Waals surface area (Å²) < 4.78 is 1.75. The first-order valence-electron chi connectivity index (χ1n) is 6.56. The Morgan fingerprint density at radius 2 is 1.89 bits per heavy atom. The summed E-state index contributed by atoms with van der Waals surface area (Å²) in [5, 5.41) is 5.27. The maximum Gasteiger partial charge on any atom is 0.129 e. The second-order valence-corrected chi connectivity index (χ2v) is 5.71. The van der Waals surface area contributed by atoms with Crippen LogP contribution in [-0.4, -0.2) is 9.78 Å². The quantitative estimate of drug-likeness (QED) is 0.921. The van der Waals surface area contributed by atoms with Crippen molar-refractivity contribution in [3.8, 4) is 11.1 Å². The predicted molar refractivity (Wildman–Crippen MR) is 81.2 cm³/mol. The minimum atomic E-state index is 0.654. The van der Waals surface area contributed by atoms with Gasteiger partial charge >= 0.3 is 0 Å². The Morgan fingerprint density at radius 3 is 2.47 bits per heavy atom. The fourth-order valence-corrected chi connectivity index (χ4v) is 2.25. The van der Waals surface area contributed by atoms with Gasteiger partial charge in [-0.25, -0.2) is 0 Å². The first-order chi connectivity index (χ1) is 8.99. The van der Waals surface area contributed by atoms with E-state index in [4.69, 9.17) is 17.3 Å². The number of nitrogens with two attached hydrogens (primary N) is 1. The molecule has 1 aromatic carbocycles. The number of aryl methyl sites for hydroxylation is 2. The summed E-state index contributed by atoms with van der Waals surface area (Å²) in [6.45, 7) is 4.43. The number of aromatic nitrogens is 2. The van der Waals surface area contributed by atoms with Crippen molar-refractivity contribution in [2.75, 3.05) is 5.73 Å². The third kappa shape index (κ3) is 3.10. The first kappa shape index (κ1) is 13.9. The number of benzene rings is 1. The van der Waals surface area contributed by atoms with Gasteiger partial charge in [0.2, 0.25) is 0 Å². The Bertz CT molecular complexity index is 556. The molecule has 19 heavy (non-hydrogen) atoms. The van der Waals surface area contributed by atoms with Crippen LogP contribution in [0.15, 0.2) is 24.3 Å². The molecule has 1 aromatic heterocycles. The van der Waals surface area contributed by atoms with Crippen LogP contribution in [-0.2, 0) is 13.5 Å². The lowest BCUT2D eigenvalue weighted by molar-refractivity contribution is 0.577. The molecule has 3 nitrogen and oxygen atoms in total. The lowest BCUT2D eigenvalue weighted by Gasteiger charge is -2.06. The van der Waals surface area contributed by atoms with Gasteiger partial charge in [-0.1, -0.05) is 37.6 Å². The van der Waals surface area contributed by atoms with Crippen molar-refractivity contribution in [2.24, 2.45) is 13.0 Å². The molecule has 0 unspecified atom stereocenters. The van der Waals surface area contributed by atoms with Gasteiger partial charge in [0, 0.05) is 17.6 Å². The molecule has 0 fully saturated rings. The minimum absolute atomic E-state index is 0.654. The normalized spacial score (nSPS) is 11.2. The molecule has 2 aromatic rings. The molecule has 2 rings (SSSR count). The number of halogens is 1. The molecule has 0 bridgehead atoms. The van der Waals surface area contributed by atoms with Gasteiger partial charge in [0.05, 0.1) is 5.69 Å². The molecule has 0 aliphatic carbocycles. The van der Waals surface area contributed by atoms with E-state index in [0.29, 0.717) is 11.7 Å². The first-order valence-corrected chi connectivity index (χ1v) is 6.94. The highest BCUT2D eigenvalue weighted by Gasteiger charge is 2.15. The van der Waals surface area contributed by atoms with Crippen molar-refractivity contribution < 1.29 is 0 Å². The van der Waals surface area contributed by atoms with E-state index < -0.39 is 0 Å². The number of nitrogen functional groups attached to an aromatic ring is 1. The average molecular weight is 278 g/mol.